The third kappa shape index (κ3) is 5.53. The molecule has 0 spiro atoms. The minimum Gasteiger partial charge on any atom is -0.497 e. The Labute approximate surface area is 126 Å². The number of methoxy groups -OCH3 is 1. The van der Waals surface area contributed by atoms with Gasteiger partial charge < -0.3 is 20.4 Å². The molecule has 118 valence electrons. The van der Waals surface area contributed by atoms with E-state index >= 15 is 0 Å². The van der Waals surface area contributed by atoms with E-state index in [1.165, 1.54) is 19.3 Å². The lowest BCUT2D eigenvalue weighted by Gasteiger charge is -2.18. The van der Waals surface area contributed by atoms with Crippen molar-refractivity contribution in [2.45, 2.75) is 52.1 Å². The fourth-order valence-corrected chi connectivity index (χ4v) is 2.13. The fourth-order valence-electron chi connectivity index (χ4n) is 2.13. The zero-order valence-electron chi connectivity index (χ0n) is 13.1. The third-order valence-electron chi connectivity index (χ3n) is 3.36. The molecule has 1 aromatic rings. The Bertz CT molecular complexity index is 461. The van der Waals surface area contributed by atoms with Crippen molar-refractivity contribution in [3.05, 3.63) is 23.8 Å². The van der Waals surface area contributed by atoms with Gasteiger partial charge in [0.2, 0.25) is 0 Å². The Kier molecular flexibility index (Phi) is 7.43. The monoisotopic (exact) mass is 294 g/mol. The van der Waals surface area contributed by atoms with Gasteiger partial charge in [0.25, 0.3) is 0 Å². The van der Waals surface area contributed by atoms with Crippen molar-refractivity contribution in [3.63, 3.8) is 0 Å². The summed E-state index contributed by atoms with van der Waals surface area (Å²) in [5.41, 5.74) is 6.25. The van der Waals surface area contributed by atoms with Gasteiger partial charge in [0.1, 0.15) is 11.5 Å². The summed E-state index contributed by atoms with van der Waals surface area (Å²) in [5, 5.41) is 11.9. The molecule has 0 aliphatic rings. The van der Waals surface area contributed by atoms with E-state index in [1.807, 2.05) is 6.92 Å². The predicted octanol–water partition coefficient (Wildman–Crippen LogP) is 3.53. The van der Waals surface area contributed by atoms with E-state index in [2.05, 4.69) is 12.1 Å². The second kappa shape index (κ2) is 9.10. The van der Waals surface area contributed by atoms with Crippen LogP contribution in [0.1, 0.15) is 51.5 Å². The van der Waals surface area contributed by atoms with Crippen molar-refractivity contribution in [3.8, 4) is 11.5 Å². The lowest BCUT2D eigenvalue weighted by molar-refractivity contribution is 0.205. The number of amidine groups is 1. The molecule has 0 amide bonds. The van der Waals surface area contributed by atoms with Crippen LogP contribution in [0.15, 0.2) is 23.4 Å². The Hall–Kier alpha value is -1.91. The predicted molar refractivity (Wildman–Crippen MR) is 84.4 cm³/mol. The number of ether oxygens (including phenoxy) is 2. The Morgan fingerprint density at radius 1 is 1.33 bits per heavy atom. The van der Waals surface area contributed by atoms with Gasteiger partial charge in [-0.05, 0) is 31.9 Å². The molecule has 0 heterocycles. The van der Waals surface area contributed by atoms with Crippen LogP contribution in [0.5, 0.6) is 11.5 Å². The first-order chi connectivity index (χ1) is 10.1. The summed E-state index contributed by atoms with van der Waals surface area (Å²) in [6.07, 6.45) is 5.87. The number of unbranched alkanes of at least 4 members (excludes halogenated alkanes) is 3. The molecule has 0 aliphatic carbocycles. The summed E-state index contributed by atoms with van der Waals surface area (Å²) in [5.74, 6) is 1.29. The smallest absolute Gasteiger partial charge is 0.173 e. The summed E-state index contributed by atoms with van der Waals surface area (Å²) in [4.78, 5) is 0. The van der Waals surface area contributed by atoms with Gasteiger partial charge in [-0.1, -0.05) is 31.3 Å². The van der Waals surface area contributed by atoms with E-state index in [0.717, 1.165) is 12.8 Å². The van der Waals surface area contributed by atoms with E-state index in [0.29, 0.717) is 17.1 Å². The molecule has 1 aromatic carbocycles. The molecule has 0 aromatic heterocycles. The molecule has 1 unspecified atom stereocenters. The van der Waals surface area contributed by atoms with Gasteiger partial charge in [0.15, 0.2) is 5.84 Å². The standard InChI is InChI=1S/C16H26N2O3/c1-4-5-6-7-8-12(2)21-15-11-13(20-3)9-10-14(15)16(17)18-19/h9-12,19H,4-8H2,1-3H3,(H2,17,18). The van der Waals surface area contributed by atoms with Crippen molar-refractivity contribution >= 4 is 5.84 Å². The maximum Gasteiger partial charge on any atom is 0.173 e. The Morgan fingerprint density at radius 2 is 2.10 bits per heavy atom. The zero-order valence-corrected chi connectivity index (χ0v) is 13.1. The van der Waals surface area contributed by atoms with E-state index in [-0.39, 0.29) is 11.9 Å². The highest BCUT2D eigenvalue weighted by molar-refractivity contribution is 5.99. The maximum absolute atomic E-state index is 8.85. The van der Waals surface area contributed by atoms with E-state index in [1.54, 1.807) is 25.3 Å². The van der Waals surface area contributed by atoms with Crippen molar-refractivity contribution < 1.29 is 14.7 Å². The van der Waals surface area contributed by atoms with Gasteiger partial charge in [0, 0.05) is 6.07 Å². The van der Waals surface area contributed by atoms with Crippen molar-refractivity contribution in [1.29, 1.82) is 0 Å². The first-order valence-electron chi connectivity index (χ1n) is 7.45. The van der Waals surface area contributed by atoms with Crippen LogP contribution in [-0.2, 0) is 0 Å². The molecule has 5 nitrogen and oxygen atoms in total. The lowest BCUT2D eigenvalue weighted by atomic mass is 10.1. The number of nitrogens with two attached hydrogens (primary N) is 1. The van der Waals surface area contributed by atoms with Gasteiger partial charge in [-0.25, -0.2) is 0 Å². The van der Waals surface area contributed by atoms with Gasteiger partial charge in [-0.15, -0.1) is 0 Å². The van der Waals surface area contributed by atoms with Gasteiger partial charge in [-0.2, -0.15) is 0 Å². The minimum atomic E-state index is 0.0332. The summed E-state index contributed by atoms with van der Waals surface area (Å²) < 4.78 is 11.1. The van der Waals surface area contributed by atoms with Crippen LogP contribution in [0, 0.1) is 0 Å². The minimum absolute atomic E-state index is 0.0332. The molecule has 21 heavy (non-hydrogen) atoms. The molecule has 0 fully saturated rings. The number of benzene rings is 1. The van der Waals surface area contributed by atoms with Crippen molar-refractivity contribution in [2.24, 2.45) is 10.9 Å². The lowest BCUT2D eigenvalue weighted by Crippen LogP contribution is -2.18. The van der Waals surface area contributed by atoms with E-state index in [9.17, 15) is 0 Å². The molecular weight excluding hydrogens is 268 g/mol. The van der Waals surface area contributed by atoms with Crippen molar-refractivity contribution in [1.82, 2.24) is 0 Å². The molecule has 0 bridgehead atoms. The molecule has 1 atom stereocenters. The zero-order chi connectivity index (χ0) is 15.7. The average molecular weight is 294 g/mol. The Morgan fingerprint density at radius 3 is 2.71 bits per heavy atom. The summed E-state index contributed by atoms with van der Waals surface area (Å²) in [6, 6.07) is 5.25. The van der Waals surface area contributed by atoms with Crippen LogP contribution in [0.3, 0.4) is 0 Å². The van der Waals surface area contributed by atoms with Gasteiger partial charge in [0.05, 0.1) is 18.8 Å². The van der Waals surface area contributed by atoms with Gasteiger partial charge >= 0.3 is 0 Å². The molecule has 1 rings (SSSR count). The molecule has 0 saturated carbocycles. The number of oxime groups is 1. The topological polar surface area (TPSA) is 77.1 Å². The highest BCUT2D eigenvalue weighted by Crippen LogP contribution is 2.26. The van der Waals surface area contributed by atoms with Crippen LogP contribution >= 0.6 is 0 Å². The summed E-state index contributed by atoms with van der Waals surface area (Å²) in [7, 11) is 1.59. The number of nitrogens with zero attached hydrogens (tertiary/aromatic N) is 1. The van der Waals surface area contributed by atoms with Crippen LogP contribution in [0.2, 0.25) is 0 Å². The average Bonchev–Trinajstić information content (AvgIpc) is 2.50. The number of hydrogen-bond acceptors (Lipinski definition) is 4. The SMILES string of the molecule is CCCCCCC(C)Oc1cc(OC)ccc1/C(N)=N/O. The second-order valence-corrected chi connectivity index (χ2v) is 5.13. The van der Waals surface area contributed by atoms with E-state index in [4.69, 9.17) is 20.4 Å². The normalized spacial score (nSPS) is 13.0. The quantitative estimate of drug-likeness (QED) is 0.240. The highest BCUT2D eigenvalue weighted by atomic mass is 16.5. The molecular formula is C16H26N2O3. The Balaban J connectivity index is 2.75. The largest absolute Gasteiger partial charge is 0.497 e. The summed E-state index contributed by atoms with van der Waals surface area (Å²) in [6.45, 7) is 4.22. The first-order valence-corrected chi connectivity index (χ1v) is 7.45. The highest BCUT2D eigenvalue weighted by Gasteiger charge is 2.13. The fraction of sp³-hybridized carbons (Fsp3) is 0.562. The molecule has 5 heteroatoms. The van der Waals surface area contributed by atoms with Crippen LogP contribution in [0.4, 0.5) is 0 Å². The number of rotatable bonds is 9. The molecule has 0 aliphatic heterocycles. The van der Waals surface area contributed by atoms with Crippen LogP contribution < -0.4 is 15.2 Å². The number of hydrogen-bond donors (Lipinski definition) is 2. The maximum atomic E-state index is 8.85. The molecule has 0 saturated heterocycles. The van der Waals surface area contributed by atoms with E-state index < -0.39 is 0 Å². The summed E-state index contributed by atoms with van der Waals surface area (Å²) >= 11 is 0. The molecule has 0 radical (unpaired) electrons. The van der Waals surface area contributed by atoms with Crippen LogP contribution in [-0.4, -0.2) is 24.3 Å². The van der Waals surface area contributed by atoms with Crippen LogP contribution in [0.25, 0.3) is 0 Å². The molecule has 3 N–H and O–H groups in total. The second-order valence-electron chi connectivity index (χ2n) is 5.13. The third-order valence-corrected chi connectivity index (χ3v) is 3.36. The van der Waals surface area contributed by atoms with Crippen molar-refractivity contribution in [2.75, 3.05) is 7.11 Å². The van der Waals surface area contributed by atoms with Gasteiger partial charge in [-0.3, -0.25) is 0 Å². The first kappa shape index (κ1) is 17.1.